The van der Waals surface area contributed by atoms with Crippen molar-refractivity contribution in [1.29, 1.82) is 0 Å². The van der Waals surface area contributed by atoms with Crippen LogP contribution in [0.1, 0.15) is 35.9 Å². The maximum atomic E-state index is 12.2. The van der Waals surface area contributed by atoms with E-state index in [0.29, 0.717) is 6.04 Å². The average molecular weight is 288 g/mol. The number of nitrogens with zero attached hydrogens (tertiary/aromatic N) is 1. The molecule has 0 atom stereocenters. The van der Waals surface area contributed by atoms with Crippen LogP contribution in [-0.4, -0.2) is 23.4 Å². The van der Waals surface area contributed by atoms with E-state index in [-0.39, 0.29) is 5.91 Å². The molecule has 0 aromatic carbocycles. The van der Waals surface area contributed by atoms with E-state index in [0.717, 1.165) is 22.3 Å². The molecule has 1 aliphatic rings. The van der Waals surface area contributed by atoms with Crippen LogP contribution in [0.5, 0.6) is 0 Å². The van der Waals surface area contributed by atoms with Crippen LogP contribution in [0.4, 0.5) is 0 Å². The molecule has 1 fully saturated rings. The van der Waals surface area contributed by atoms with Crippen LogP contribution >= 0.6 is 27.3 Å². The van der Waals surface area contributed by atoms with E-state index in [1.54, 1.807) is 0 Å². The van der Waals surface area contributed by atoms with Gasteiger partial charge in [-0.1, -0.05) is 6.92 Å². The molecule has 4 heteroatoms. The summed E-state index contributed by atoms with van der Waals surface area (Å²) in [5.41, 5.74) is 0. The molecule has 1 aromatic heterocycles. The van der Waals surface area contributed by atoms with E-state index in [1.165, 1.54) is 24.2 Å². The van der Waals surface area contributed by atoms with Gasteiger partial charge in [0, 0.05) is 17.1 Å². The Kier molecular flexibility index (Phi) is 3.46. The first-order valence-electron chi connectivity index (χ1n) is 5.28. The van der Waals surface area contributed by atoms with Gasteiger partial charge in [-0.2, -0.15) is 0 Å². The number of halogens is 1. The molecule has 1 saturated carbocycles. The van der Waals surface area contributed by atoms with E-state index in [1.807, 2.05) is 16.3 Å². The first-order chi connectivity index (χ1) is 7.24. The van der Waals surface area contributed by atoms with Crippen molar-refractivity contribution in [3.63, 3.8) is 0 Å². The zero-order valence-corrected chi connectivity index (χ0v) is 11.1. The van der Waals surface area contributed by atoms with Crippen molar-refractivity contribution in [2.75, 3.05) is 6.54 Å². The molecule has 0 N–H and O–H groups in total. The highest BCUT2D eigenvalue weighted by Gasteiger charge is 2.33. The van der Waals surface area contributed by atoms with E-state index in [4.69, 9.17) is 0 Å². The monoisotopic (exact) mass is 287 g/mol. The van der Waals surface area contributed by atoms with Crippen molar-refractivity contribution in [3.8, 4) is 0 Å². The molecule has 82 valence electrons. The van der Waals surface area contributed by atoms with Crippen molar-refractivity contribution in [2.45, 2.75) is 32.2 Å². The van der Waals surface area contributed by atoms with Crippen LogP contribution < -0.4 is 0 Å². The highest BCUT2D eigenvalue weighted by molar-refractivity contribution is 9.10. The second kappa shape index (κ2) is 4.66. The number of carbonyl (C=O) groups is 1. The fraction of sp³-hybridized carbons (Fsp3) is 0.545. The summed E-state index contributed by atoms with van der Waals surface area (Å²) in [6.45, 7) is 3.00. The summed E-state index contributed by atoms with van der Waals surface area (Å²) >= 11 is 4.94. The molecule has 1 aromatic rings. The Balaban J connectivity index is 2.14. The number of rotatable bonds is 4. The van der Waals surface area contributed by atoms with Gasteiger partial charge in [0.1, 0.15) is 4.88 Å². The molecule has 1 aliphatic carbocycles. The lowest BCUT2D eigenvalue weighted by Crippen LogP contribution is -2.33. The standard InChI is InChI=1S/C11H14BrNOS/c1-2-6-13(8-3-4-8)11(14)10-9(12)5-7-15-10/h5,7-8H,2-4,6H2,1H3. The molecule has 0 saturated heterocycles. The molecule has 2 rings (SSSR count). The van der Waals surface area contributed by atoms with E-state index < -0.39 is 0 Å². The predicted molar refractivity (Wildman–Crippen MR) is 66.4 cm³/mol. The number of thiophene rings is 1. The minimum Gasteiger partial charge on any atom is -0.335 e. The van der Waals surface area contributed by atoms with Crippen molar-refractivity contribution < 1.29 is 4.79 Å². The summed E-state index contributed by atoms with van der Waals surface area (Å²) in [5, 5.41) is 1.95. The third kappa shape index (κ3) is 2.42. The maximum absolute atomic E-state index is 12.2. The van der Waals surface area contributed by atoms with Crippen LogP contribution in [0.25, 0.3) is 0 Å². The van der Waals surface area contributed by atoms with Crippen LogP contribution in [-0.2, 0) is 0 Å². The largest absolute Gasteiger partial charge is 0.335 e. The van der Waals surface area contributed by atoms with E-state index >= 15 is 0 Å². The van der Waals surface area contributed by atoms with Crippen LogP contribution in [0.15, 0.2) is 15.9 Å². The van der Waals surface area contributed by atoms with Gasteiger partial charge < -0.3 is 4.90 Å². The minimum absolute atomic E-state index is 0.196. The van der Waals surface area contributed by atoms with Crippen LogP contribution in [0.2, 0.25) is 0 Å². The Hall–Kier alpha value is -0.350. The Morgan fingerprint density at radius 2 is 2.40 bits per heavy atom. The molecule has 0 bridgehead atoms. The zero-order chi connectivity index (χ0) is 10.8. The van der Waals surface area contributed by atoms with Crippen LogP contribution in [0, 0.1) is 0 Å². The van der Waals surface area contributed by atoms with Gasteiger partial charge in [0.25, 0.3) is 5.91 Å². The molecule has 2 nitrogen and oxygen atoms in total. The lowest BCUT2D eigenvalue weighted by atomic mass is 10.3. The normalized spacial score (nSPS) is 15.3. The lowest BCUT2D eigenvalue weighted by molar-refractivity contribution is 0.0747. The molecule has 0 radical (unpaired) electrons. The zero-order valence-electron chi connectivity index (χ0n) is 8.70. The summed E-state index contributed by atoms with van der Waals surface area (Å²) in [4.78, 5) is 15.1. The summed E-state index contributed by atoms with van der Waals surface area (Å²) in [6, 6.07) is 2.45. The summed E-state index contributed by atoms with van der Waals surface area (Å²) in [7, 11) is 0. The fourth-order valence-electron chi connectivity index (χ4n) is 1.65. The van der Waals surface area contributed by atoms with Crippen LogP contribution in [0.3, 0.4) is 0 Å². The van der Waals surface area contributed by atoms with Gasteiger partial charge in [-0.05, 0) is 46.6 Å². The fourth-order valence-corrected chi connectivity index (χ4v) is 3.15. The summed E-state index contributed by atoms with van der Waals surface area (Å²) in [6.07, 6.45) is 3.38. The van der Waals surface area contributed by atoms with Gasteiger partial charge in [-0.25, -0.2) is 0 Å². The van der Waals surface area contributed by atoms with E-state index in [2.05, 4.69) is 22.9 Å². The number of amides is 1. The van der Waals surface area contributed by atoms with Gasteiger partial charge >= 0.3 is 0 Å². The molecule has 0 aliphatic heterocycles. The smallest absolute Gasteiger partial charge is 0.265 e. The van der Waals surface area contributed by atoms with Crippen molar-refractivity contribution in [3.05, 3.63) is 20.8 Å². The Morgan fingerprint density at radius 3 is 2.87 bits per heavy atom. The molecular formula is C11H14BrNOS. The van der Waals surface area contributed by atoms with Crippen molar-refractivity contribution >= 4 is 33.2 Å². The van der Waals surface area contributed by atoms with Crippen molar-refractivity contribution in [1.82, 2.24) is 4.90 Å². The first kappa shape index (κ1) is 11.1. The van der Waals surface area contributed by atoms with Gasteiger partial charge in [0.15, 0.2) is 0 Å². The second-order valence-corrected chi connectivity index (χ2v) is 5.60. The molecular weight excluding hydrogens is 274 g/mol. The SMILES string of the molecule is CCCN(C(=O)c1sccc1Br)C1CC1. The average Bonchev–Trinajstić information content (AvgIpc) is 2.97. The van der Waals surface area contributed by atoms with Gasteiger partial charge in [0.2, 0.25) is 0 Å². The van der Waals surface area contributed by atoms with E-state index in [9.17, 15) is 4.79 Å². The van der Waals surface area contributed by atoms with Gasteiger partial charge in [-0.3, -0.25) is 4.79 Å². The minimum atomic E-state index is 0.196. The molecule has 0 unspecified atom stereocenters. The highest BCUT2D eigenvalue weighted by Crippen LogP contribution is 2.31. The Labute approximate surface area is 102 Å². The third-order valence-corrected chi connectivity index (χ3v) is 4.35. The third-order valence-electron chi connectivity index (χ3n) is 2.52. The predicted octanol–water partition coefficient (Wildman–Crippen LogP) is 3.53. The molecule has 0 spiro atoms. The number of carbonyl (C=O) groups excluding carboxylic acids is 1. The highest BCUT2D eigenvalue weighted by atomic mass is 79.9. The summed E-state index contributed by atoms with van der Waals surface area (Å²) in [5.74, 6) is 0.196. The maximum Gasteiger partial charge on any atom is 0.265 e. The second-order valence-electron chi connectivity index (χ2n) is 3.83. The Morgan fingerprint density at radius 1 is 1.67 bits per heavy atom. The molecule has 1 amide bonds. The van der Waals surface area contributed by atoms with Gasteiger partial charge in [-0.15, -0.1) is 11.3 Å². The Bertz CT molecular complexity index is 359. The van der Waals surface area contributed by atoms with Gasteiger partial charge in [0.05, 0.1) is 0 Å². The van der Waals surface area contributed by atoms with Crippen molar-refractivity contribution in [2.24, 2.45) is 0 Å². The molecule has 15 heavy (non-hydrogen) atoms. The number of hydrogen-bond donors (Lipinski definition) is 0. The summed E-state index contributed by atoms with van der Waals surface area (Å²) < 4.78 is 0.930. The first-order valence-corrected chi connectivity index (χ1v) is 6.95. The topological polar surface area (TPSA) is 20.3 Å². The lowest BCUT2D eigenvalue weighted by Gasteiger charge is -2.21. The quantitative estimate of drug-likeness (QED) is 0.830. The number of hydrogen-bond acceptors (Lipinski definition) is 2. The molecule has 1 heterocycles.